The fraction of sp³-hybridized carbons (Fsp3) is 0.261. The number of carbonyl (C=O) groups is 2. The van der Waals surface area contributed by atoms with Crippen molar-refractivity contribution in [1.29, 1.82) is 0 Å². The molecule has 0 atom stereocenters. The van der Waals surface area contributed by atoms with E-state index in [2.05, 4.69) is 15.2 Å². The standard InChI is InChI=1S/C23H23ClN4O2S2/c1-16-14-31-23(25-16)32-15-21(29)26-19-5-7-20(8-6-19)27-9-11-28(12-10-27)22(30)17-3-2-4-18(24)13-17/h2-8,13-14H,9-12,15H2,1H3,(H,26,29). The van der Waals surface area contributed by atoms with Gasteiger partial charge in [0.1, 0.15) is 0 Å². The molecule has 3 aromatic rings. The van der Waals surface area contributed by atoms with Gasteiger partial charge in [-0.25, -0.2) is 4.98 Å². The van der Waals surface area contributed by atoms with Crippen LogP contribution in [0.15, 0.2) is 58.3 Å². The second kappa shape index (κ2) is 10.4. The summed E-state index contributed by atoms with van der Waals surface area (Å²) in [4.78, 5) is 33.4. The van der Waals surface area contributed by atoms with Crippen molar-refractivity contribution < 1.29 is 9.59 Å². The third-order valence-corrected chi connectivity index (χ3v) is 7.45. The maximum atomic E-state index is 12.7. The van der Waals surface area contributed by atoms with Crippen LogP contribution in [0.25, 0.3) is 0 Å². The molecule has 1 aliphatic heterocycles. The molecule has 2 heterocycles. The molecule has 1 fully saturated rings. The highest BCUT2D eigenvalue weighted by Gasteiger charge is 2.22. The first kappa shape index (κ1) is 22.6. The number of hydrogen-bond donors (Lipinski definition) is 1. The van der Waals surface area contributed by atoms with Crippen LogP contribution >= 0.6 is 34.7 Å². The van der Waals surface area contributed by atoms with Crippen LogP contribution in [0.5, 0.6) is 0 Å². The number of piperazine rings is 1. The number of benzene rings is 2. The first-order valence-electron chi connectivity index (χ1n) is 10.2. The van der Waals surface area contributed by atoms with Crippen molar-refractivity contribution in [2.24, 2.45) is 0 Å². The molecule has 0 saturated carbocycles. The second-order valence-electron chi connectivity index (χ2n) is 7.43. The minimum atomic E-state index is -0.0521. The Morgan fingerprint density at radius 3 is 2.53 bits per heavy atom. The van der Waals surface area contributed by atoms with E-state index in [1.165, 1.54) is 11.8 Å². The number of anilines is 2. The zero-order valence-electron chi connectivity index (χ0n) is 17.6. The van der Waals surface area contributed by atoms with Gasteiger partial charge in [0.05, 0.1) is 5.75 Å². The number of hydrogen-bond acceptors (Lipinski definition) is 6. The number of thiazole rings is 1. The average Bonchev–Trinajstić information content (AvgIpc) is 3.23. The quantitative estimate of drug-likeness (QED) is 0.507. The first-order valence-corrected chi connectivity index (χ1v) is 12.5. The van der Waals surface area contributed by atoms with Crippen LogP contribution in [0.2, 0.25) is 5.02 Å². The molecule has 166 valence electrons. The topological polar surface area (TPSA) is 65.5 Å². The van der Waals surface area contributed by atoms with Gasteiger partial charge in [0, 0.05) is 59.2 Å². The Morgan fingerprint density at radius 2 is 1.88 bits per heavy atom. The van der Waals surface area contributed by atoms with Crippen molar-refractivity contribution in [3.8, 4) is 0 Å². The van der Waals surface area contributed by atoms with Crippen molar-refractivity contribution in [2.75, 3.05) is 42.1 Å². The van der Waals surface area contributed by atoms with Crippen LogP contribution in [-0.4, -0.2) is 53.6 Å². The van der Waals surface area contributed by atoms with Crippen LogP contribution in [0, 0.1) is 6.92 Å². The molecular weight excluding hydrogens is 464 g/mol. The summed E-state index contributed by atoms with van der Waals surface area (Å²) in [6, 6.07) is 14.9. The zero-order valence-corrected chi connectivity index (χ0v) is 20.0. The molecule has 2 aromatic carbocycles. The number of carbonyl (C=O) groups excluding carboxylic acids is 2. The monoisotopic (exact) mass is 486 g/mol. The maximum Gasteiger partial charge on any atom is 0.254 e. The Bertz CT molecular complexity index is 1100. The lowest BCUT2D eigenvalue weighted by molar-refractivity contribution is -0.113. The van der Waals surface area contributed by atoms with Crippen LogP contribution in [-0.2, 0) is 4.79 Å². The smallest absolute Gasteiger partial charge is 0.254 e. The summed E-state index contributed by atoms with van der Waals surface area (Å²) >= 11 is 9.01. The van der Waals surface area contributed by atoms with Crippen LogP contribution in [0.1, 0.15) is 16.1 Å². The van der Waals surface area contributed by atoms with E-state index in [1.807, 2.05) is 41.5 Å². The molecule has 1 aromatic heterocycles. The van der Waals surface area contributed by atoms with E-state index in [4.69, 9.17) is 11.6 Å². The highest BCUT2D eigenvalue weighted by molar-refractivity contribution is 8.01. The van der Waals surface area contributed by atoms with Crippen molar-refractivity contribution in [3.63, 3.8) is 0 Å². The number of rotatable bonds is 6. The molecule has 0 radical (unpaired) electrons. The summed E-state index contributed by atoms with van der Waals surface area (Å²) in [7, 11) is 0. The highest BCUT2D eigenvalue weighted by Crippen LogP contribution is 2.24. The Hall–Kier alpha value is -2.55. The lowest BCUT2D eigenvalue weighted by Gasteiger charge is -2.36. The summed E-state index contributed by atoms with van der Waals surface area (Å²) in [6.07, 6.45) is 0. The summed E-state index contributed by atoms with van der Waals surface area (Å²) in [5.41, 5.74) is 3.44. The molecule has 1 N–H and O–H groups in total. The van der Waals surface area contributed by atoms with Crippen molar-refractivity contribution in [2.45, 2.75) is 11.3 Å². The van der Waals surface area contributed by atoms with Gasteiger partial charge in [0.15, 0.2) is 4.34 Å². The van der Waals surface area contributed by atoms with Gasteiger partial charge >= 0.3 is 0 Å². The van der Waals surface area contributed by atoms with Crippen molar-refractivity contribution in [1.82, 2.24) is 9.88 Å². The van der Waals surface area contributed by atoms with Crippen LogP contribution < -0.4 is 10.2 Å². The van der Waals surface area contributed by atoms with Gasteiger partial charge in [0.2, 0.25) is 5.91 Å². The highest BCUT2D eigenvalue weighted by atomic mass is 35.5. The summed E-state index contributed by atoms with van der Waals surface area (Å²) in [6.45, 7) is 4.75. The molecular formula is C23H23ClN4O2S2. The molecule has 0 aliphatic carbocycles. The van der Waals surface area contributed by atoms with Gasteiger partial charge in [-0.05, 0) is 49.4 Å². The number of nitrogens with one attached hydrogen (secondary N) is 1. The van der Waals surface area contributed by atoms with Gasteiger partial charge in [-0.2, -0.15) is 0 Å². The molecule has 9 heteroatoms. The number of amides is 2. The Labute approximate surface area is 200 Å². The van der Waals surface area contributed by atoms with Crippen LogP contribution in [0.4, 0.5) is 11.4 Å². The largest absolute Gasteiger partial charge is 0.368 e. The van der Waals surface area contributed by atoms with Gasteiger partial charge < -0.3 is 15.1 Å². The molecule has 6 nitrogen and oxygen atoms in total. The number of aryl methyl sites for hydroxylation is 1. The SMILES string of the molecule is Cc1csc(SCC(=O)Nc2ccc(N3CCN(C(=O)c4cccc(Cl)c4)CC3)cc2)n1. The molecule has 2 amide bonds. The number of aromatic nitrogens is 1. The van der Waals surface area contributed by atoms with E-state index in [9.17, 15) is 9.59 Å². The molecule has 0 unspecified atom stereocenters. The van der Waals surface area contributed by atoms with E-state index in [1.54, 1.807) is 35.6 Å². The zero-order chi connectivity index (χ0) is 22.5. The van der Waals surface area contributed by atoms with Gasteiger partial charge in [-0.15, -0.1) is 11.3 Å². The van der Waals surface area contributed by atoms with Crippen LogP contribution in [0.3, 0.4) is 0 Å². The van der Waals surface area contributed by atoms with Crippen molar-refractivity contribution >= 4 is 57.9 Å². The van der Waals surface area contributed by atoms with E-state index in [0.717, 1.165) is 34.5 Å². The lowest BCUT2D eigenvalue weighted by atomic mass is 10.1. The summed E-state index contributed by atoms with van der Waals surface area (Å²) < 4.78 is 0.904. The predicted molar refractivity (Wildman–Crippen MR) is 132 cm³/mol. The third-order valence-electron chi connectivity index (χ3n) is 5.08. The number of nitrogens with zero attached hydrogens (tertiary/aromatic N) is 3. The minimum Gasteiger partial charge on any atom is -0.368 e. The minimum absolute atomic E-state index is 0.0102. The van der Waals surface area contributed by atoms with Gasteiger partial charge in [0.25, 0.3) is 5.91 Å². The summed E-state index contributed by atoms with van der Waals surface area (Å²) in [5, 5.41) is 5.47. The van der Waals surface area contributed by atoms with E-state index in [-0.39, 0.29) is 11.8 Å². The van der Waals surface area contributed by atoms with Crippen molar-refractivity contribution in [3.05, 3.63) is 70.2 Å². The summed E-state index contributed by atoms with van der Waals surface area (Å²) in [5.74, 6) is 0.289. The third kappa shape index (κ3) is 5.82. The van der Waals surface area contributed by atoms with E-state index >= 15 is 0 Å². The maximum absolute atomic E-state index is 12.7. The number of halogens is 1. The fourth-order valence-corrected chi connectivity index (χ4v) is 5.29. The Morgan fingerprint density at radius 1 is 1.12 bits per heavy atom. The van der Waals surface area contributed by atoms with E-state index < -0.39 is 0 Å². The average molecular weight is 487 g/mol. The lowest BCUT2D eigenvalue weighted by Crippen LogP contribution is -2.48. The Kier molecular flexibility index (Phi) is 7.34. The fourth-order valence-electron chi connectivity index (χ4n) is 3.45. The molecule has 0 spiro atoms. The number of thioether (sulfide) groups is 1. The normalized spacial score (nSPS) is 13.8. The van der Waals surface area contributed by atoms with Gasteiger partial charge in [-0.3, -0.25) is 9.59 Å². The Balaban J connectivity index is 1.26. The molecule has 4 rings (SSSR count). The molecule has 1 aliphatic rings. The molecule has 32 heavy (non-hydrogen) atoms. The molecule has 1 saturated heterocycles. The van der Waals surface area contributed by atoms with Gasteiger partial charge in [-0.1, -0.05) is 29.4 Å². The first-order chi connectivity index (χ1) is 15.5. The van der Waals surface area contributed by atoms with E-state index in [0.29, 0.717) is 29.4 Å². The second-order valence-corrected chi connectivity index (χ2v) is 9.95. The molecule has 0 bridgehead atoms. The predicted octanol–water partition coefficient (Wildman–Crippen LogP) is 4.80.